The normalized spacial score (nSPS) is 15.6. The summed E-state index contributed by atoms with van der Waals surface area (Å²) in [5.74, 6) is 0. The molecule has 0 saturated carbocycles. The summed E-state index contributed by atoms with van der Waals surface area (Å²) in [6.45, 7) is 0. The second-order valence-corrected chi connectivity index (χ2v) is 8.19. The molecule has 1 atom stereocenters. The molecule has 0 fully saturated rings. The van der Waals surface area contributed by atoms with Crippen LogP contribution in [0.2, 0.25) is 0 Å². The highest BCUT2D eigenvalue weighted by Crippen LogP contribution is 2.24. The molecule has 5 rings (SSSR count). The Bertz CT molecular complexity index is 1510. The lowest BCUT2D eigenvalue weighted by Gasteiger charge is -2.22. The number of benzene rings is 3. The Kier molecular flexibility index (Phi) is 5.04. The Labute approximate surface area is 186 Å². The molecule has 1 aliphatic heterocycles. The number of hydrogen-bond acceptors (Lipinski definition) is 6. The number of aromatic nitrogens is 1. The van der Waals surface area contributed by atoms with Crippen molar-refractivity contribution in [3.63, 3.8) is 0 Å². The first-order valence-corrected chi connectivity index (χ1v) is 10.7. The summed E-state index contributed by atoms with van der Waals surface area (Å²) in [5.41, 5.74) is 3.06. The van der Waals surface area contributed by atoms with Gasteiger partial charge in [0.2, 0.25) is 4.80 Å². The van der Waals surface area contributed by atoms with E-state index in [0.29, 0.717) is 20.6 Å². The van der Waals surface area contributed by atoms with E-state index in [1.165, 1.54) is 23.5 Å². The second-order valence-electron chi connectivity index (χ2n) is 7.18. The third kappa shape index (κ3) is 3.57. The van der Waals surface area contributed by atoms with Crippen LogP contribution in [0.5, 0.6) is 0 Å². The third-order valence-corrected chi connectivity index (χ3v) is 6.16. The average molecular weight is 440 g/mol. The first kappa shape index (κ1) is 19.8. The summed E-state index contributed by atoms with van der Waals surface area (Å²) >= 11 is 1.25. The van der Waals surface area contributed by atoms with Gasteiger partial charge in [-0.15, -0.1) is 10.2 Å². The number of nitrogens with zero attached hydrogens (tertiary/aromatic N) is 4. The van der Waals surface area contributed by atoms with Crippen LogP contribution >= 0.6 is 11.3 Å². The zero-order valence-electron chi connectivity index (χ0n) is 16.7. The fraction of sp³-hybridized carbons (Fsp3) is 0.0417. The quantitative estimate of drug-likeness (QED) is 0.360. The predicted octanol–water partition coefficient (Wildman–Crippen LogP) is 3.27. The Balaban J connectivity index is 1.67. The average Bonchev–Trinajstić information content (AvgIpc) is 3.15. The van der Waals surface area contributed by atoms with Crippen molar-refractivity contribution >= 4 is 28.8 Å². The lowest BCUT2D eigenvalue weighted by atomic mass is 9.96. The summed E-state index contributed by atoms with van der Waals surface area (Å²) in [6.07, 6.45) is 1.72. The molecule has 0 amide bonds. The maximum Gasteiger partial charge on any atom is 0.271 e. The van der Waals surface area contributed by atoms with Gasteiger partial charge in [0.15, 0.2) is 0 Å². The smallest absolute Gasteiger partial charge is 0.268 e. The van der Waals surface area contributed by atoms with E-state index in [0.717, 1.165) is 11.1 Å². The molecular weight excluding hydrogens is 424 g/mol. The summed E-state index contributed by atoms with van der Waals surface area (Å²) in [7, 11) is 0. The zero-order valence-corrected chi connectivity index (χ0v) is 17.5. The van der Waals surface area contributed by atoms with Crippen molar-refractivity contribution in [3.05, 3.63) is 131 Å². The molecule has 8 heteroatoms. The molecule has 4 aromatic rings. The topological polar surface area (TPSA) is 89.9 Å². The standard InChI is InChI=1S/C24H16N4O3S/c29-23-20(15-16-11-13-19(14-12-16)28(30)31)32-24-26-25-21(17-7-3-1-4-8-17)22(27(23)24)18-9-5-2-6-10-18/h1-15,22H/b20-15-/t22-/m0/s1. The third-order valence-electron chi connectivity index (χ3n) is 5.18. The minimum Gasteiger partial charge on any atom is -0.268 e. The van der Waals surface area contributed by atoms with Gasteiger partial charge in [0.1, 0.15) is 6.04 Å². The largest absolute Gasteiger partial charge is 0.271 e. The zero-order chi connectivity index (χ0) is 22.1. The van der Waals surface area contributed by atoms with Gasteiger partial charge in [-0.2, -0.15) is 0 Å². The molecule has 2 heterocycles. The van der Waals surface area contributed by atoms with E-state index in [1.54, 1.807) is 22.8 Å². The van der Waals surface area contributed by atoms with Gasteiger partial charge in [0, 0.05) is 17.7 Å². The van der Waals surface area contributed by atoms with E-state index >= 15 is 0 Å². The number of nitro groups is 1. The highest BCUT2D eigenvalue weighted by Gasteiger charge is 2.28. The van der Waals surface area contributed by atoms with E-state index in [2.05, 4.69) is 10.2 Å². The van der Waals surface area contributed by atoms with Crippen LogP contribution in [0.3, 0.4) is 0 Å². The van der Waals surface area contributed by atoms with E-state index in [-0.39, 0.29) is 11.2 Å². The number of non-ortho nitro benzene ring substituents is 1. The van der Waals surface area contributed by atoms with Crippen LogP contribution in [-0.4, -0.2) is 15.2 Å². The first-order valence-electron chi connectivity index (χ1n) is 9.85. The molecule has 1 aliphatic rings. The van der Waals surface area contributed by atoms with Crippen LogP contribution in [0.1, 0.15) is 22.7 Å². The molecule has 0 unspecified atom stereocenters. The fourth-order valence-corrected chi connectivity index (χ4v) is 4.61. The van der Waals surface area contributed by atoms with Gasteiger partial charge in [-0.3, -0.25) is 19.5 Å². The van der Waals surface area contributed by atoms with Crippen molar-refractivity contribution in [2.75, 3.05) is 0 Å². The van der Waals surface area contributed by atoms with Gasteiger partial charge in [0.25, 0.3) is 11.2 Å². The Morgan fingerprint density at radius 2 is 1.56 bits per heavy atom. The fourth-order valence-electron chi connectivity index (χ4n) is 3.67. The predicted molar refractivity (Wildman–Crippen MR) is 124 cm³/mol. The Hall–Kier alpha value is -4.17. The summed E-state index contributed by atoms with van der Waals surface area (Å²) < 4.78 is 2.16. The van der Waals surface area contributed by atoms with Gasteiger partial charge in [0.05, 0.1) is 15.2 Å². The molecule has 0 radical (unpaired) electrons. The molecule has 3 aromatic carbocycles. The van der Waals surface area contributed by atoms with Crippen LogP contribution < -0.4 is 14.9 Å². The molecule has 0 saturated heterocycles. The van der Waals surface area contributed by atoms with Crippen molar-refractivity contribution in [1.29, 1.82) is 0 Å². The molecular formula is C24H16N4O3S. The molecule has 0 aliphatic carbocycles. The van der Waals surface area contributed by atoms with Gasteiger partial charge < -0.3 is 0 Å². The van der Waals surface area contributed by atoms with E-state index in [4.69, 9.17) is 0 Å². The van der Waals surface area contributed by atoms with Gasteiger partial charge in [-0.25, -0.2) is 0 Å². The summed E-state index contributed by atoms with van der Waals surface area (Å²) in [6, 6.07) is 25.1. The molecule has 0 spiro atoms. The van der Waals surface area contributed by atoms with Crippen molar-refractivity contribution in [2.45, 2.75) is 6.04 Å². The van der Waals surface area contributed by atoms with Crippen LogP contribution in [0.15, 0.2) is 99.9 Å². The van der Waals surface area contributed by atoms with Crippen LogP contribution in [0.4, 0.5) is 5.69 Å². The van der Waals surface area contributed by atoms with Crippen LogP contribution in [0, 0.1) is 10.1 Å². The SMILES string of the molecule is O=c1/c(=C/c2ccc([N+](=O)[O-])cc2)sc2n1[C@@H](c1ccccc1)C(c1ccccc1)=NN=2. The molecule has 1 aromatic heterocycles. The number of nitro benzene ring substituents is 1. The van der Waals surface area contributed by atoms with E-state index in [1.807, 2.05) is 60.7 Å². The van der Waals surface area contributed by atoms with Crippen molar-refractivity contribution < 1.29 is 4.92 Å². The first-order chi connectivity index (χ1) is 15.6. The molecule has 0 N–H and O–H groups in total. The molecule has 7 nitrogen and oxygen atoms in total. The molecule has 32 heavy (non-hydrogen) atoms. The van der Waals surface area contributed by atoms with Crippen molar-refractivity contribution in [2.24, 2.45) is 10.2 Å². The molecule has 0 bridgehead atoms. The Morgan fingerprint density at radius 1 is 0.906 bits per heavy atom. The molecule has 156 valence electrons. The van der Waals surface area contributed by atoms with Crippen molar-refractivity contribution in [3.8, 4) is 0 Å². The van der Waals surface area contributed by atoms with Crippen LogP contribution in [-0.2, 0) is 0 Å². The maximum atomic E-state index is 13.5. The van der Waals surface area contributed by atoms with Crippen LogP contribution in [0.25, 0.3) is 6.08 Å². The highest BCUT2D eigenvalue weighted by molar-refractivity contribution is 7.07. The maximum absolute atomic E-state index is 13.5. The monoisotopic (exact) mass is 440 g/mol. The number of fused-ring (bicyclic) bond motifs is 1. The lowest BCUT2D eigenvalue weighted by Crippen LogP contribution is -2.40. The minimum atomic E-state index is -0.450. The second kappa shape index (κ2) is 8.16. The van der Waals surface area contributed by atoms with Gasteiger partial charge in [-0.1, -0.05) is 72.0 Å². The summed E-state index contributed by atoms with van der Waals surface area (Å²) in [5, 5.41) is 19.7. The number of hydrogen-bond donors (Lipinski definition) is 0. The summed E-state index contributed by atoms with van der Waals surface area (Å²) in [4.78, 5) is 24.4. The lowest BCUT2D eigenvalue weighted by molar-refractivity contribution is -0.384. The number of rotatable bonds is 4. The number of thiazole rings is 1. The minimum absolute atomic E-state index is 0.00407. The Morgan fingerprint density at radius 3 is 2.22 bits per heavy atom. The van der Waals surface area contributed by atoms with Gasteiger partial charge >= 0.3 is 0 Å². The van der Waals surface area contributed by atoms with E-state index < -0.39 is 11.0 Å². The highest BCUT2D eigenvalue weighted by atomic mass is 32.1. The van der Waals surface area contributed by atoms with Gasteiger partial charge in [-0.05, 0) is 29.3 Å². The van der Waals surface area contributed by atoms with E-state index in [9.17, 15) is 14.9 Å². The van der Waals surface area contributed by atoms with Crippen molar-refractivity contribution in [1.82, 2.24) is 4.57 Å².